The standard InChI is InChI=1S/C15H16FN3O2S/c1-3-9-19-14(11-5-7-12(16)8-6-11)17-18-15(19)22-10-13(20)21-4-2/h3,5-8H,1,4,9-10H2,2H3. The van der Waals surface area contributed by atoms with Crippen LogP contribution in [0, 0.1) is 5.82 Å². The summed E-state index contributed by atoms with van der Waals surface area (Å²) in [5.74, 6) is 0.151. The molecular weight excluding hydrogens is 305 g/mol. The van der Waals surface area contributed by atoms with Gasteiger partial charge in [0.15, 0.2) is 11.0 Å². The first kappa shape index (κ1) is 16.2. The van der Waals surface area contributed by atoms with E-state index in [1.165, 1.54) is 23.9 Å². The summed E-state index contributed by atoms with van der Waals surface area (Å²) in [6, 6.07) is 6.01. The molecule has 0 atom stereocenters. The molecule has 116 valence electrons. The molecule has 1 aromatic carbocycles. The van der Waals surface area contributed by atoms with Gasteiger partial charge in [-0.3, -0.25) is 9.36 Å². The summed E-state index contributed by atoms with van der Waals surface area (Å²) in [5, 5.41) is 8.81. The van der Waals surface area contributed by atoms with Crippen molar-refractivity contribution in [2.75, 3.05) is 12.4 Å². The Morgan fingerprint density at radius 3 is 2.77 bits per heavy atom. The van der Waals surface area contributed by atoms with E-state index in [-0.39, 0.29) is 17.5 Å². The van der Waals surface area contributed by atoms with Crippen molar-refractivity contribution >= 4 is 17.7 Å². The van der Waals surface area contributed by atoms with E-state index in [4.69, 9.17) is 4.74 Å². The molecule has 0 N–H and O–H groups in total. The van der Waals surface area contributed by atoms with Crippen LogP contribution in [0.4, 0.5) is 4.39 Å². The van der Waals surface area contributed by atoms with Gasteiger partial charge in [-0.05, 0) is 31.2 Å². The molecule has 2 aromatic rings. The average molecular weight is 321 g/mol. The van der Waals surface area contributed by atoms with Crippen LogP contribution in [0.1, 0.15) is 6.92 Å². The number of aromatic nitrogens is 3. The second-order valence-electron chi connectivity index (χ2n) is 4.31. The minimum absolute atomic E-state index is 0.159. The first-order valence-electron chi connectivity index (χ1n) is 6.74. The van der Waals surface area contributed by atoms with Gasteiger partial charge >= 0.3 is 5.97 Å². The number of esters is 1. The number of benzene rings is 1. The van der Waals surface area contributed by atoms with E-state index in [2.05, 4.69) is 16.8 Å². The van der Waals surface area contributed by atoms with Gasteiger partial charge < -0.3 is 4.74 Å². The summed E-state index contributed by atoms with van der Waals surface area (Å²) in [6.45, 7) is 6.31. The number of carbonyl (C=O) groups excluding carboxylic acids is 1. The summed E-state index contributed by atoms with van der Waals surface area (Å²) in [7, 11) is 0. The van der Waals surface area contributed by atoms with E-state index >= 15 is 0 Å². The molecule has 0 unspecified atom stereocenters. The summed E-state index contributed by atoms with van der Waals surface area (Å²) in [5.41, 5.74) is 0.749. The molecule has 0 radical (unpaired) electrons. The molecule has 22 heavy (non-hydrogen) atoms. The van der Waals surface area contributed by atoms with Crippen LogP contribution in [-0.4, -0.2) is 33.1 Å². The molecule has 0 saturated carbocycles. The predicted octanol–water partition coefficient (Wildman–Crippen LogP) is 2.93. The van der Waals surface area contributed by atoms with Gasteiger partial charge in [-0.25, -0.2) is 4.39 Å². The lowest BCUT2D eigenvalue weighted by atomic mass is 10.2. The van der Waals surface area contributed by atoms with Gasteiger partial charge in [-0.15, -0.1) is 16.8 Å². The molecule has 1 heterocycles. The normalized spacial score (nSPS) is 10.5. The number of carbonyl (C=O) groups is 1. The Kier molecular flexibility index (Phi) is 5.71. The SMILES string of the molecule is C=CCn1c(SCC(=O)OCC)nnc1-c1ccc(F)cc1. The van der Waals surface area contributed by atoms with Crippen molar-refractivity contribution in [1.29, 1.82) is 0 Å². The van der Waals surface area contributed by atoms with Gasteiger partial charge in [0.25, 0.3) is 0 Å². The molecule has 1 aromatic heterocycles. The zero-order valence-corrected chi connectivity index (χ0v) is 13.0. The lowest BCUT2D eigenvalue weighted by Crippen LogP contribution is -2.08. The van der Waals surface area contributed by atoms with Crippen LogP contribution >= 0.6 is 11.8 Å². The number of thioether (sulfide) groups is 1. The van der Waals surface area contributed by atoms with E-state index < -0.39 is 0 Å². The van der Waals surface area contributed by atoms with Crippen LogP contribution in [0.15, 0.2) is 42.1 Å². The monoisotopic (exact) mass is 321 g/mol. The zero-order chi connectivity index (χ0) is 15.9. The van der Waals surface area contributed by atoms with E-state index in [0.29, 0.717) is 24.1 Å². The van der Waals surface area contributed by atoms with Gasteiger partial charge in [-0.2, -0.15) is 0 Å². The molecule has 0 amide bonds. The maximum Gasteiger partial charge on any atom is 0.316 e. The van der Waals surface area contributed by atoms with Crippen LogP contribution in [0.25, 0.3) is 11.4 Å². The molecule has 0 aliphatic rings. The minimum atomic E-state index is -0.310. The van der Waals surface area contributed by atoms with Gasteiger partial charge in [0.05, 0.1) is 12.4 Å². The lowest BCUT2D eigenvalue weighted by molar-refractivity contribution is -0.139. The van der Waals surface area contributed by atoms with Crippen molar-refractivity contribution in [1.82, 2.24) is 14.8 Å². The van der Waals surface area contributed by atoms with Crippen LogP contribution in [0.2, 0.25) is 0 Å². The van der Waals surface area contributed by atoms with Crippen molar-refractivity contribution in [3.05, 3.63) is 42.7 Å². The lowest BCUT2D eigenvalue weighted by Gasteiger charge is -2.07. The number of hydrogen-bond donors (Lipinski definition) is 0. The van der Waals surface area contributed by atoms with Crippen LogP contribution in [0.3, 0.4) is 0 Å². The number of nitrogens with zero attached hydrogens (tertiary/aromatic N) is 3. The molecule has 0 aliphatic heterocycles. The quantitative estimate of drug-likeness (QED) is 0.446. The van der Waals surface area contributed by atoms with Gasteiger partial charge in [0.2, 0.25) is 0 Å². The number of halogens is 1. The molecule has 2 rings (SSSR count). The fourth-order valence-corrected chi connectivity index (χ4v) is 2.57. The fourth-order valence-electron chi connectivity index (χ4n) is 1.83. The third-order valence-electron chi connectivity index (χ3n) is 2.76. The topological polar surface area (TPSA) is 57.0 Å². The summed E-state index contributed by atoms with van der Waals surface area (Å²) >= 11 is 1.25. The first-order chi connectivity index (χ1) is 10.7. The van der Waals surface area contributed by atoms with E-state index in [1.807, 2.05) is 4.57 Å². The second kappa shape index (κ2) is 7.74. The smallest absolute Gasteiger partial charge is 0.316 e. The first-order valence-corrected chi connectivity index (χ1v) is 7.72. The Labute approximate surface area is 132 Å². The van der Waals surface area contributed by atoms with Crippen LogP contribution in [0.5, 0.6) is 0 Å². The molecule has 0 saturated heterocycles. The highest BCUT2D eigenvalue weighted by atomic mass is 32.2. The molecular formula is C15H16FN3O2S. The van der Waals surface area contributed by atoms with Crippen molar-refractivity contribution < 1.29 is 13.9 Å². The van der Waals surface area contributed by atoms with Crippen LogP contribution in [-0.2, 0) is 16.1 Å². The maximum atomic E-state index is 13.0. The third kappa shape index (κ3) is 3.94. The van der Waals surface area contributed by atoms with E-state index in [1.54, 1.807) is 25.1 Å². The predicted molar refractivity (Wildman–Crippen MR) is 83.0 cm³/mol. The van der Waals surface area contributed by atoms with Crippen molar-refractivity contribution in [2.45, 2.75) is 18.6 Å². The van der Waals surface area contributed by atoms with E-state index in [9.17, 15) is 9.18 Å². The van der Waals surface area contributed by atoms with Crippen molar-refractivity contribution in [3.63, 3.8) is 0 Å². The Hall–Kier alpha value is -2.15. The van der Waals surface area contributed by atoms with E-state index in [0.717, 1.165) is 5.56 Å². The van der Waals surface area contributed by atoms with Gasteiger partial charge in [0.1, 0.15) is 5.82 Å². The highest BCUT2D eigenvalue weighted by Gasteiger charge is 2.15. The largest absolute Gasteiger partial charge is 0.465 e. The summed E-state index contributed by atoms with van der Waals surface area (Å²) in [4.78, 5) is 11.4. The molecule has 0 spiro atoms. The molecule has 0 bridgehead atoms. The summed E-state index contributed by atoms with van der Waals surface area (Å²) < 4.78 is 19.7. The maximum absolute atomic E-state index is 13.0. The zero-order valence-electron chi connectivity index (χ0n) is 12.2. The molecule has 0 aliphatic carbocycles. The highest BCUT2D eigenvalue weighted by molar-refractivity contribution is 7.99. The summed E-state index contributed by atoms with van der Waals surface area (Å²) in [6.07, 6.45) is 1.71. The second-order valence-corrected chi connectivity index (χ2v) is 5.25. The Morgan fingerprint density at radius 2 is 2.14 bits per heavy atom. The molecule has 0 fully saturated rings. The fraction of sp³-hybridized carbons (Fsp3) is 0.267. The minimum Gasteiger partial charge on any atom is -0.465 e. The molecule has 5 nitrogen and oxygen atoms in total. The number of hydrogen-bond acceptors (Lipinski definition) is 5. The molecule has 7 heteroatoms. The van der Waals surface area contributed by atoms with Gasteiger partial charge in [-0.1, -0.05) is 17.8 Å². The highest BCUT2D eigenvalue weighted by Crippen LogP contribution is 2.24. The number of ether oxygens (including phenoxy) is 1. The third-order valence-corrected chi connectivity index (χ3v) is 3.70. The van der Waals surface area contributed by atoms with Gasteiger partial charge in [0, 0.05) is 12.1 Å². The number of allylic oxidation sites excluding steroid dienone is 1. The average Bonchev–Trinajstić information content (AvgIpc) is 2.90. The van der Waals surface area contributed by atoms with Crippen LogP contribution < -0.4 is 0 Å². The number of rotatable bonds is 7. The Morgan fingerprint density at radius 1 is 1.41 bits per heavy atom. The van der Waals surface area contributed by atoms with Crippen molar-refractivity contribution in [3.8, 4) is 11.4 Å². The Bertz CT molecular complexity index is 655. The Balaban J connectivity index is 2.23. The van der Waals surface area contributed by atoms with Crippen molar-refractivity contribution in [2.24, 2.45) is 0 Å².